The smallest absolute Gasteiger partial charge is 0.264 e. The lowest BCUT2D eigenvalue weighted by Gasteiger charge is -2.43. The van der Waals surface area contributed by atoms with Crippen molar-refractivity contribution in [2.45, 2.75) is 44.0 Å². The number of anilines is 1. The normalized spacial score (nSPS) is 20.6. The van der Waals surface area contributed by atoms with Gasteiger partial charge in [0.25, 0.3) is 10.0 Å². The molecule has 2 aliphatic heterocycles. The first-order valence-corrected chi connectivity index (χ1v) is 13.3. The van der Waals surface area contributed by atoms with Crippen LogP contribution < -0.4 is 4.31 Å². The molecule has 4 nitrogen and oxygen atoms in total. The lowest BCUT2D eigenvalue weighted by Crippen LogP contribution is -2.50. The standard InChI is InChI=1S/C29H32N2O2S/c1-22(2)25-17-29(20-30(19-25)18-24-9-5-4-6-10-24)21-31(28-12-8-7-11-27(28)29)34(32,33)26-15-13-23(3)14-16-26/h4-16H,17-21H2,1-3H3. The summed E-state index contributed by atoms with van der Waals surface area (Å²) in [5.74, 6) is 0. The Labute approximate surface area is 203 Å². The van der Waals surface area contributed by atoms with Gasteiger partial charge in [0.2, 0.25) is 0 Å². The minimum Gasteiger partial charge on any atom is -0.294 e. The third-order valence-corrected chi connectivity index (χ3v) is 9.02. The molecule has 5 rings (SSSR count). The van der Waals surface area contributed by atoms with E-state index in [-0.39, 0.29) is 5.41 Å². The van der Waals surface area contributed by atoms with Gasteiger partial charge in [0, 0.05) is 31.6 Å². The fourth-order valence-corrected chi connectivity index (χ4v) is 7.06. The van der Waals surface area contributed by atoms with Crippen molar-refractivity contribution in [3.63, 3.8) is 0 Å². The van der Waals surface area contributed by atoms with E-state index in [2.05, 4.69) is 49.1 Å². The summed E-state index contributed by atoms with van der Waals surface area (Å²) < 4.78 is 29.3. The predicted octanol–water partition coefficient (Wildman–Crippen LogP) is 5.68. The molecule has 1 spiro atoms. The van der Waals surface area contributed by atoms with Crippen molar-refractivity contribution >= 4 is 15.7 Å². The third kappa shape index (κ3) is 4.08. The van der Waals surface area contributed by atoms with E-state index >= 15 is 0 Å². The Morgan fingerprint density at radius 3 is 2.26 bits per heavy atom. The highest BCUT2D eigenvalue weighted by atomic mass is 32.2. The predicted molar refractivity (Wildman–Crippen MR) is 139 cm³/mol. The Morgan fingerprint density at radius 2 is 1.56 bits per heavy atom. The number of benzene rings is 3. The van der Waals surface area contributed by atoms with Crippen LogP contribution in [-0.2, 0) is 22.0 Å². The molecule has 176 valence electrons. The molecule has 0 bridgehead atoms. The van der Waals surface area contributed by atoms with Crippen molar-refractivity contribution in [1.82, 2.24) is 4.90 Å². The van der Waals surface area contributed by atoms with Gasteiger partial charge in [0.1, 0.15) is 0 Å². The summed E-state index contributed by atoms with van der Waals surface area (Å²) in [6.07, 6.45) is 0.886. The topological polar surface area (TPSA) is 40.6 Å². The van der Waals surface area contributed by atoms with Crippen molar-refractivity contribution < 1.29 is 8.42 Å². The van der Waals surface area contributed by atoms with Crippen LogP contribution >= 0.6 is 0 Å². The molecule has 1 atom stereocenters. The van der Waals surface area contributed by atoms with Gasteiger partial charge in [-0.2, -0.15) is 0 Å². The number of rotatable bonds is 4. The van der Waals surface area contributed by atoms with Gasteiger partial charge in [-0.05, 0) is 56.5 Å². The molecular formula is C29H32N2O2S. The number of allylic oxidation sites excluding steroid dienone is 1. The average Bonchev–Trinajstić information content (AvgIpc) is 3.14. The minimum absolute atomic E-state index is 0.270. The largest absolute Gasteiger partial charge is 0.294 e. The number of piperidine rings is 1. The molecule has 0 aromatic heterocycles. The summed E-state index contributed by atoms with van der Waals surface area (Å²) in [7, 11) is -3.66. The Kier molecular flexibility index (Phi) is 5.86. The summed E-state index contributed by atoms with van der Waals surface area (Å²) in [5, 5.41) is 0. The lowest BCUT2D eigenvalue weighted by atomic mass is 9.73. The Balaban J connectivity index is 1.56. The van der Waals surface area contributed by atoms with Crippen LogP contribution in [0.3, 0.4) is 0 Å². The van der Waals surface area contributed by atoms with Crippen LogP contribution in [0.1, 0.15) is 37.0 Å². The number of likely N-dealkylation sites (tertiary alicyclic amines) is 1. The minimum atomic E-state index is -3.66. The molecule has 3 aromatic rings. The first-order valence-electron chi connectivity index (χ1n) is 11.9. The maximum Gasteiger partial charge on any atom is 0.264 e. The van der Waals surface area contributed by atoms with Crippen LogP contribution in [0.25, 0.3) is 0 Å². The first kappa shape index (κ1) is 22.9. The zero-order valence-corrected chi connectivity index (χ0v) is 21.0. The molecule has 1 fully saturated rings. The Hall–Kier alpha value is -2.89. The highest BCUT2D eigenvalue weighted by Crippen LogP contribution is 2.49. The summed E-state index contributed by atoms with van der Waals surface area (Å²) in [4.78, 5) is 2.84. The molecule has 1 saturated heterocycles. The Bertz CT molecular complexity index is 1330. The fraction of sp³-hybridized carbons (Fsp3) is 0.310. The molecule has 34 heavy (non-hydrogen) atoms. The van der Waals surface area contributed by atoms with E-state index in [1.54, 1.807) is 16.4 Å². The summed E-state index contributed by atoms with van der Waals surface area (Å²) in [5.41, 5.74) is 6.76. The molecule has 0 radical (unpaired) electrons. The van der Waals surface area contributed by atoms with Gasteiger partial charge in [-0.3, -0.25) is 9.21 Å². The van der Waals surface area contributed by atoms with Gasteiger partial charge >= 0.3 is 0 Å². The second-order valence-electron chi connectivity index (χ2n) is 10.0. The second-order valence-corrected chi connectivity index (χ2v) is 11.9. The monoisotopic (exact) mass is 472 g/mol. The second kappa shape index (κ2) is 8.71. The van der Waals surface area contributed by atoms with Gasteiger partial charge in [-0.25, -0.2) is 8.42 Å². The SMILES string of the molecule is CC(C)=C1CN(Cc2ccccc2)CC2(C1)CN(S(=O)(=O)c1ccc(C)cc1)c1ccccc12. The van der Waals surface area contributed by atoms with Gasteiger partial charge < -0.3 is 0 Å². The van der Waals surface area contributed by atoms with E-state index in [0.717, 1.165) is 42.9 Å². The quantitative estimate of drug-likeness (QED) is 0.459. The molecule has 5 heteroatoms. The number of hydrogen-bond acceptors (Lipinski definition) is 3. The van der Waals surface area contributed by atoms with E-state index < -0.39 is 10.0 Å². The van der Waals surface area contributed by atoms with Gasteiger partial charge in [-0.15, -0.1) is 0 Å². The van der Waals surface area contributed by atoms with Crippen molar-refractivity contribution in [2.75, 3.05) is 23.9 Å². The molecule has 0 amide bonds. The first-order chi connectivity index (χ1) is 16.3. The number of sulfonamides is 1. The van der Waals surface area contributed by atoms with Gasteiger partial charge in [0.05, 0.1) is 10.6 Å². The Morgan fingerprint density at radius 1 is 0.882 bits per heavy atom. The van der Waals surface area contributed by atoms with Crippen LogP contribution in [0.4, 0.5) is 5.69 Å². The maximum atomic E-state index is 13.8. The zero-order chi connectivity index (χ0) is 23.9. The molecule has 1 unspecified atom stereocenters. The highest BCUT2D eigenvalue weighted by Gasteiger charge is 2.49. The van der Waals surface area contributed by atoms with Crippen molar-refractivity contribution in [3.05, 3.63) is 107 Å². The van der Waals surface area contributed by atoms with E-state index in [4.69, 9.17) is 0 Å². The maximum absolute atomic E-state index is 13.8. The van der Waals surface area contributed by atoms with Crippen LogP contribution in [0.5, 0.6) is 0 Å². The molecule has 0 saturated carbocycles. The highest BCUT2D eigenvalue weighted by molar-refractivity contribution is 7.92. The van der Waals surface area contributed by atoms with Crippen LogP contribution in [-0.4, -0.2) is 33.0 Å². The molecular weight excluding hydrogens is 440 g/mol. The number of aryl methyl sites for hydroxylation is 1. The van der Waals surface area contributed by atoms with E-state index in [0.29, 0.717) is 11.4 Å². The number of nitrogens with zero attached hydrogens (tertiary/aromatic N) is 2. The summed E-state index contributed by atoms with van der Waals surface area (Å²) in [6.45, 7) is 9.40. The summed E-state index contributed by atoms with van der Waals surface area (Å²) >= 11 is 0. The summed E-state index contributed by atoms with van der Waals surface area (Å²) in [6, 6.07) is 25.8. The number of fused-ring (bicyclic) bond motifs is 2. The number of hydrogen-bond donors (Lipinski definition) is 0. The molecule has 3 aromatic carbocycles. The van der Waals surface area contributed by atoms with Crippen LogP contribution in [0.15, 0.2) is 94.9 Å². The molecule has 0 aliphatic carbocycles. The van der Waals surface area contributed by atoms with E-state index in [1.165, 1.54) is 16.7 Å². The lowest BCUT2D eigenvalue weighted by molar-refractivity contribution is 0.184. The average molecular weight is 473 g/mol. The fourth-order valence-electron chi connectivity index (χ4n) is 5.49. The van der Waals surface area contributed by atoms with Gasteiger partial charge in [-0.1, -0.05) is 77.4 Å². The van der Waals surface area contributed by atoms with Crippen LogP contribution in [0.2, 0.25) is 0 Å². The van der Waals surface area contributed by atoms with Gasteiger partial charge in [0.15, 0.2) is 0 Å². The van der Waals surface area contributed by atoms with Crippen molar-refractivity contribution in [2.24, 2.45) is 0 Å². The molecule has 0 N–H and O–H groups in total. The van der Waals surface area contributed by atoms with E-state index in [1.807, 2.05) is 43.3 Å². The third-order valence-electron chi connectivity index (χ3n) is 7.25. The van der Waals surface area contributed by atoms with Crippen molar-refractivity contribution in [3.8, 4) is 0 Å². The van der Waals surface area contributed by atoms with E-state index in [9.17, 15) is 8.42 Å². The molecule has 2 heterocycles. The molecule has 2 aliphatic rings. The number of para-hydroxylation sites is 1. The van der Waals surface area contributed by atoms with Crippen LogP contribution in [0, 0.1) is 6.92 Å². The zero-order valence-electron chi connectivity index (χ0n) is 20.2. The van der Waals surface area contributed by atoms with Crippen molar-refractivity contribution in [1.29, 1.82) is 0 Å².